The molecule has 13 heavy (non-hydrogen) atoms. The van der Waals surface area contributed by atoms with Crippen LogP contribution in [-0.4, -0.2) is 16.1 Å². The molecule has 0 aliphatic carbocycles. The van der Waals surface area contributed by atoms with E-state index >= 15 is 0 Å². The van der Waals surface area contributed by atoms with Gasteiger partial charge in [0.1, 0.15) is 5.01 Å². The molecule has 68 valence electrons. The fourth-order valence-electron chi connectivity index (χ4n) is 0.689. The molecule has 0 aromatic carbocycles. The van der Waals surface area contributed by atoms with E-state index in [0.717, 1.165) is 11.4 Å². The topological polar surface area (TPSA) is 54.9 Å². The second-order valence-corrected chi connectivity index (χ2v) is 3.25. The Bertz CT molecular complexity index is 361. The second kappa shape index (κ2) is 4.58. The van der Waals surface area contributed by atoms with E-state index in [-0.39, 0.29) is 5.91 Å². The van der Waals surface area contributed by atoms with Gasteiger partial charge in [0.05, 0.1) is 0 Å². The standard InChI is InChI=1S/C8H9N3OS/c1-3-5-6(12)9-8-11-10-7(4-2)13-8/h4H2,1-2H3,(H,9,11,12). The number of aromatic nitrogens is 2. The number of carbonyl (C=O) groups is 1. The molecule has 1 aromatic rings. The van der Waals surface area contributed by atoms with Crippen LogP contribution in [0.1, 0.15) is 18.9 Å². The minimum atomic E-state index is -0.346. The minimum Gasteiger partial charge on any atom is -0.289 e. The van der Waals surface area contributed by atoms with Gasteiger partial charge in [0.2, 0.25) is 5.13 Å². The van der Waals surface area contributed by atoms with Crippen molar-refractivity contribution in [1.82, 2.24) is 10.2 Å². The average molecular weight is 195 g/mol. The number of carbonyl (C=O) groups excluding carboxylic acids is 1. The number of aryl methyl sites for hydroxylation is 1. The molecule has 0 unspecified atom stereocenters. The molecule has 1 amide bonds. The molecule has 1 aromatic heterocycles. The summed E-state index contributed by atoms with van der Waals surface area (Å²) in [5, 5.41) is 11.6. The zero-order chi connectivity index (χ0) is 9.68. The summed E-state index contributed by atoms with van der Waals surface area (Å²) < 4.78 is 0. The third-order valence-corrected chi connectivity index (χ3v) is 2.21. The van der Waals surface area contributed by atoms with Gasteiger partial charge in [-0.2, -0.15) is 0 Å². The van der Waals surface area contributed by atoms with Crippen molar-refractivity contribution < 1.29 is 4.79 Å². The van der Waals surface area contributed by atoms with Crippen molar-refractivity contribution in [2.75, 3.05) is 5.32 Å². The smallest absolute Gasteiger partial charge is 0.289 e. The monoisotopic (exact) mass is 195 g/mol. The molecule has 5 heteroatoms. The minimum absolute atomic E-state index is 0.346. The number of rotatable bonds is 2. The number of hydrogen-bond donors (Lipinski definition) is 1. The van der Waals surface area contributed by atoms with Gasteiger partial charge in [-0.05, 0) is 19.3 Å². The molecular formula is C8H9N3OS. The van der Waals surface area contributed by atoms with Gasteiger partial charge in [0.25, 0.3) is 0 Å². The normalized spacial score (nSPS) is 8.77. The number of nitrogens with one attached hydrogen (secondary N) is 1. The van der Waals surface area contributed by atoms with E-state index in [1.807, 2.05) is 6.92 Å². The summed E-state index contributed by atoms with van der Waals surface area (Å²) in [6, 6.07) is 0. The van der Waals surface area contributed by atoms with Crippen LogP contribution < -0.4 is 5.32 Å². The molecule has 1 heterocycles. The molecule has 0 fully saturated rings. The van der Waals surface area contributed by atoms with Crippen molar-refractivity contribution in [3.63, 3.8) is 0 Å². The van der Waals surface area contributed by atoms with Crippen LogP contribution in [0, 0.1) is 11.8 Å². The first kappa shape index (κ1) is 9.68. The SMILES string of the molecule is CC#CC(=O)Nc1nnc(CC)s1. The van der Waals surface area contributed by atoms with Gasteiger partial charge < -0.3 is 0 Å². The van der Waals surface area contributed by atoms with E-state index in [2.05, 4.69) is 27.4 Å². The van der Waals surface area contributed by atoms with Crippen molar-refractivity contribution in [2.24, 2.45) is 0 Å². The lowest BCUT2D eigenvalue weighted by Gasteiger charge is -1.89. The van der Waals surface area contributed by atoms with Crippen LogP contribution in [0.15, 0.2) is 0 Å². The molecule has 4 nitrogen and oxygen atoms in total. The first-order valence-electron chi connectivity index (χ1n) is 3.82. The molecular weight excluding hydrogens is 186 g/mol. The zero-order valence-electron chi connectivity index (χ0n) is 7.42. The molecule has 1 N–H and O–H groups in total. The Hall–Kier alpha value is -1.41. The van der Waals surface area contributed by atoms with Crippen LogP contribution in [0.3, 0.4) is 0 Å². The Kier molecular flexibility index (Phi) is 3.41. The molecule has 0 atom stereocenters. The van der Waals surface area contributed by atoms with Gasteiger partial charge in [0.15, 0.2) is 0 Å². The number of anilines is 1. The van der Waals surface area contributed by atoms with Crippen molar-refractivity contribution in [2.45, 2.75) is 20.3 Å². The third-order valence-electron chi connectivity index (χ3n) is 1.23. The van der Waals surface area contributed by atoms with E-state index < -0.39 is 0 Å². The highest BCUT2D eigenvalue weighted by Crippen LogP contribution is 2.14. The summed E-state index contributed by atoms with van der Waals surface area (Å²) in [7, 11) is 0. The summed E-state index contributed by atoms with van der Waals surface area (Å²) in [4.78, 5) is 11.0. The molecule has 0 aliphatic heterocycles. The number of hydrogen-bond acceptors (Lipinski definition) is 4. The largest absolute Gasteiger partial charge is 0.302 e. The first-order chi connectivity index (χ1) is 6.26. The summed E-state index contributed by atoms with van der Waals surface area (Å²) in [6.45, 7) is 3.59. The van der Waals surface area contributed by atoms with Crippen LogP contribution in [0.25, 0.3) is 0 Å². The lowest BCUT2D eigenvalue weighted by Crippen LogP contribution is -2.07. The van der Waals surface area contributed by atoms with Crippen LogP contribution in [0.5, 0.6) is 0 Å². The summed E-state index contributed by atoms with van der Waals surface area (Å²) in [6.07, 6.45) is 0.826. The van der Waals surface area contributed by atoms with Gasteiger partial charge >= 0.3 is 5.91 Å². The van der Waals surface area contributed by atoms with Gasteiger partial charge in [-0.3, -0.25) is 10.1 Å². The summed E-state index contributed by atoms with van der Waals surface area (Å²) in [5.74, 6) is 4.52. The molecule has 0 saturated heterocycles. The van der Waals surface area contributed by atoms with Crippen LogP contribution in [0.4, 0.5) is 5.13 Å². The van der Waals surface area contributed by atoms with E-state index in [9.17, 15) is 4.79 Å². The van der Waals surface area contributed by atoms with Crippen molar-refractivity contribution in [1.29, 1.82) is 0 Å². The number of amides is 1. The maximum absolute atomic E-state index is 11.0. The Labute approximate surface area is 80.4 Å². The Morgan fingerprint density at radius 1 is 1.62 bits per heavy atom. The van der Waals surface area contributed by atoms with Crippen LogP contribution in [0.2, 0.25) is 0 Å². The Morgan fingerprint density at radius 3 is 2.92 bits per heavy atom. The predicted molar refractivity (Wildman–Crippen MR) is 51.4 cm³/mol. The molecule has 0 aliphatic rings. The van der Waals surface area contributed by atoms with E-state index in [1.165, 1.54) is 11.3 Å². The Morgan fingerprint density at radius 2 is 2.38 bits per heavy atom. The van der Waals surface area contributed by atoms with Gasteiger partial charge in [0, 0.05) is 0 Å². The highest BCUT2D eigenvalue weighted by atomic mass is 32.1. The fraction of sp³-hybridized carbons (Fsp3) is 0.375. The highest BCUT2D eigenvalue weighted by molar-refractivity contribution is 7.15. The molecule has 0 saturated carbocycles. The summed E-state index contributed by atoms with van der Waals surface area (Å²) in [5.41, 5.74) is 0. The summed E-state index contributed by atoms with van der Waals surface area (Å²) >= 11 is 1.37. The zero-order valence-corrected chi connectivity index (χ0v) is 8.23. The lowest BCUT2D eigenvalue weighted by atomic mass is 10.5. The van der Waals surface area contributed by atoms with Gasteiger partial charge in [-0.25, -0.2) is 0 Å². The van der Waals surface area contributed by atoms with E-state index in [4.69, 9.17) is 0 Å². The average Bonchev–Trinajstić information content (AvgIpc) is 2.52. The van der Waals surface area contributed by atoms with Gasteiger partial charge in [-0.15, -0.1) is 10.2 Å². The van der Waals surface area contributed by atoms with Crippen molar-refractivity contribution in [3.8, 4) is 11.8 Å². The molecule has 0 radical (unpaired) electrons. The third kappa shape index (κ3) is 2.84. The molecule has 1 rings (SSSR count). The first-order valence-corrected chi connectivity index (χ1v) is 4.64. The maximum Gasteiger partial charge on any atom is 0.302 e. The molecule has 0 spiro atoms. The van der Waals surface area contributed by atoms with Crippen molar-refractivity contribution in [3.05, 3.63) is 5.01 Å². The van der Waals surface area contributed by atoms with Crippen LogP contribution in [-0.2, 0) is 11.2 Å². The predicted octanol–water partition coefficient (Wildman–Crippen LogP) is 1.06. The molecule has 0 bridgehead atoms. The van der Waals surface area contributed by atoms with E-state index in [0.29, 0.717) is 5.13 Å². The lowest BCUT2D eigenvalue weighted by molar-refractivity contribution is -0.111. The fourth-order valence-corrected chi connectivity index (χ4v) is 1.36. The highest BCUT2D eigenvalue weighted by Gasteiger charge is 2.03. The van der Waals surface area contributed by atoms with Crippen molar-refractivity contribution >= 4 is 22.4 Å². The van der Waals surface area contributed by atoms with E-state index in [1.54, 1.807) is 6.92 Å². The van der Waals surface area contributed by atoms with Gasteiger partial charge in [-0.1, -0.05) is 24.2 Å². The van der Waals surface area contributed by atoms with Crippen LogP contribution >= 0.6 is 11.3 Å². The number of nitrogens with zero attached hydrogens (tertiary/aromatic N) is 2. The maximum atomic E-state index is 11.0. The Balaban J connectivity index is 2.62. The second-order valence-electron chi connectivity index (χ2n) is 2.18. The quantitative estimate of drug-likeness (QED) is 0.718.